The van der Waals surface area contributed by atoms with Crippen molar-refractivity contribution < 1.29 is 8.42 Å². The number of rotatable bonds is 5. The summed E-state index contributed by atoms with van der Waals surface area (Å²) in [6.45, 7) is 1.11. The van der Waals surface area contributed by atoms with E-state index in [1.54, 1.807) is 17.5 Å². The van der Waals surface area contributed by atoms with Crippen molar-refractivity contribution in [1.29, 1.82) is 0 Å². The van der Waals surface area contributed by atoms with E-state index >= 15 is 0 Å². The van der Waals surface area contributed by atoms with Gasteiger partial charge in [0.25, 0.3) is 0 Å². The Kier molecular flexibility index (Phi) is 4.32. The first-order valence-electron chi connectivity index (χ1n) is 6.93. The molecule has 0 aromatic carbocycles. The Hall–Kier alpha value is -1.31. The highest BCUT2D eigenvalue weighted by Gasteiger charge is 2.30. The van der Waals surface area contributed by atoms with E-state index in [-0.39, 0.29) is 5.25 Å². The van der Waals surface area contributed by atoms with E-state index < -0.39 is 9.84 Å². The van der Waals surface area contributed by atoms with Crippen LogP contribution in [0.5, 0.6) is 0 Å². The van der Waals surface area contributed by atoms with Crippen LogP contribution in [0.4, 0.5) is 0 Å². The molecule has 112 valence electrons. The summed E-state index contributed by atoms with van der Waals surface area (Å²) in [6, 6.07) is 5.75. The van der Waals surface area contributed by atoms with E-state index in [1.165, 1.54) is 0 Å². The van der Waals surface area contributed by atoms with Crippen LogP contribution >= 0.6 is 11.3 Å². The lowest BCUT2D eigenvalue weighted by atomic mass is 10.2. The number of hydrogen-bond donors (Lipinski definition) is 1. The minimum absolute atomic E-state index is 0.230. The van der Waals surface area contributed by atoms with E-state index in [4.69, 9.17) is 0 Å². The van der Waals surface area contributed by atoms with Crippen molar-refractivity contribution in [1.82, 2.24) is 15.3 Å². The Morgan fingerprint density at radius 2 is 2.29 bits per heavy atom. The largest absolute Gasteiger partial charge is 0.310 e. The zero-order valence-corrected chi connectivity index (χ0v) is 13.2. The monoisotopic (exact) mass is 323 g/mol. The smallest absolute Gasteiger partial charge is 0.154 e. The molecule has 0 bridgehead atoms. The van der Waals surface area contributed by atoms with Crippen molar-refractivity contribution in [2.75, 3.05) is 12.3 Å². The molecule has 2 aromatic rings. The van der Waals surface area contributed by atoms with Gasteiger partial charge in [0.15, 0.2) is 9.84 Å². The Morgan fingerprint density at radius 3 is 3.00 bits per heavy atom. The fourth-order valence-corrected chi connectivity index (χ4v) is 5.04. The molecule has 21 heavy (non-hydrogen) atoms. The second-order valence-electron chi connectivity index (χ2n) is 5.12. The maximum Gasteiger partial charge on any atom is 0.154 e. The molecular weight excluding hydrogens is 306 g/mol. The number of nitrogens with one attached hydrogen (secondary N) is 1. The lowest BCUT2D eigenvalue weighted by Crippen LogP contribution is -2.30. The Balaban J connectivity index is 1.56. The predicted octanol–water partition coefficient (Wildman–Crippen LogP) is 1.87. The Labute approximate surface area is 128 Å². The maximum atomic E-state index is 11.7. The van der Waals surface area contributed by atoms with Crippen LogP contribution in [0, 0.1) is 0 Å². The van der Waals surface area contributed by atoms with E-state index in [0.717, 1.165) is 29.2 Å². The topological polar surface area (TPSA) is 72.0 Å². The van der Waals surface area contributed by atoms with Crippen LogP contribution in [0.3, 0.4) is 0 Å². The first-order chi connectivity index (χ1) is 10.1. The van der Waals surface area contributed by atoms with E-state index in [9.17, 15) is 8.42 Å². The fraction of sp³-hybridized carbons (Fsp3) is 0.429. The van der Waals surface area contributed by atoms with E-state index in [2.05, 4.69) is 15.3 Å². The molecule has 5 nitrogen and oxygen atoms in total. The van der Waals surface area contributed by atoms with Crippen LogP contribution in [0.15, 0.2) is 29.8 Å². The second kappa shape index (κ2) is 6.21. The summed E-state index contributed by atoms with van der Waals surface area (Å²) in [6.07, 6.45) is 3.31. The normalized spacial score (nSPS) is 20.7. The summed E-state index contributed by atoms with van der Waals surface area (Å²) in [4.78, 5) is 8.80. The van der Waals surface area contributed by atoms with Gasteiger partial charge in [-0.15, -0.1) is 11.3 Å². The predicted molar refractivity (Wildman–Crippen MR) is 83.9 cm³/mol. The highest BCUT2D eigenvalue weighted by atomic mass is 32.2. The molecule has 0 unspecified atom stereocenters. The number of hydrogen-bond acceptors (Lipinski definition) is 6. The summed E-state index contributed by atoms with van der Waals surface area (Å²) in [5.74, 6) is 0.333. The molecule has 1 aliphatic heterocycles. The first-order valence-corrected chi connectivity index (χ1v) is 9.53. The minimum Gasteiger partial charge on any atom is -0.310 e. The van der Waals surface area contributed by atoms with Crippen LogP contribution in [0.25, 0.3) is 10.7 Å². The summed E-state index contributed by atoms with van der Waals surface area (Å²) in [5, 5.41) is 5.85. The Morgan fingerprint density at radius 1 is 1.38 bits per heavy atom. The maximum absolute atomic E-state index is 11.7. The fourth-order valence-electron chi connectivity index (χ4n) is 2.44. The number of aromatic nitrogens is 2. The van der Waals surface area contributed by atoms with Crippen LogP contribution in [-0.2, 0) is 16.4 Å². The van der Waals surface area contributed by atoms with Gasteiger partial charge in [-0.1, -0.05) is 6.07 Å². The van der Waals surface area contributed by atoms with Crippen molar-refractivity contribution in [3.63, 3.8) is 0 Å². The molecule has 0 spiro atoms. The van der Waals surface area contributed by atoms with Gasteiger partial charge in [0.05, 0.1) is 22.4 Å². The summed E-state index contributed by atoms with van der Waals surface area (Å²) in [5.41, 5.74) is 1.79. The molecule has 2 aromatic heterocycles. The Bertz CT molecular complexity index is 698. The van der Waals surface area contributed by atoms with Gasteiger partial charge in [-0.05, 0) is 25.0 Å². The third-order valence-corrected chi connectivity index (χ3v) is 6.77. The minimum atomic E-state index is -2.87. The third kappa shape index (κ3) is 3.48. The zero-order valence-electron chi connectivity index (χ0n) is 11.5. The van der Waals surface area contributed by atoms with Gasteiger partial charge in [0, 0.05) is 24.7 Å². The number of pyridine rings is 1. The highest BCUT2D eigenvalue weighted by Crippen LogP contribution is 2.22. The highest BCUT2D eigenvalue weighted by molar-refractivity contribution is 7.92. The van der Waals surface area contributed by atoms with E-state index in [1.807, 2.05) is 23.6 Å². The molecule has 0 radical (unpaired) electrons. The molecule has 0 saturated carbocycles. The molecule has 1 atom stereocenters. The molecule has 3 heterocycles. The van der Waals surface area contributed by atoms with Crippen molar-refractivity contribution in [3.8, 4) is 10.7 Å². The third-order valence-electron chi connectivity index (χ3n) is 3.58. The summed E-state index contributed by atoms with van der Waals surface area (Å²) in [7, 11) is -2.87. The van der Waals surface area contributed by atoms with Crippen molar-refractivity contribution in [3.05, 3.63) is 35.5 Å². The quantitative estimate of drug-likeness (QED) is 0.909. The van der Waals surface area contributed by atoms with Crippen LogP contribution < -0.4 is 5.32 Å². The summed E-state index contributed by atoms with van der Waals surface area (Å²) < 4.78 is 23.5. The van der Waals surface area contributed by atoms with Crippen LogP contribution in [-0.4, -0.2) is 35.9 Å². The molecule has 1 N–H and O–H groups in total. The standard InChI is InChI=1S/C14H17N3O2S2/c18-21(19)7-3-4-12(21)9-15-8-11-10-20-14(17-11)13-5-1-2-6-16-13/h1-2,5-6,10,12,15H,3-4,7-9H2/t12-/m0/s1. The molecule has 0 amide bonds. The van der Waals surface area contributed by atoms with Gasteiger partial charge in [-0.2, -0.15) is 0 Å². The average Bonchev–Trinajstić information content (AvgIpc) is 3.07. The van der Waals surface area contributed by atoms with Gasteiger partial charge < -0.3 is 5.32 Å². The lowest BCUT2D eigenvalue weighted by Gasteiger charge is -2.09. The molecule has 1 fully saturated rings. The van der Waals surface area contributed by atoms with Crippen molar-refractivity contribution in [2.45, 2.75) is 24.6 Å². The molecule has 1 aliphatic rings. The SMILES string of the molecule is O=S1(=O)CCC[C@H]1CNCc1csc(-c2ccccn2)n1. The second-order valence-corrected chi connectivity index (χ2v) is 8.38. The van der Waals surface area contributed by atoms with Gasteiger partial charge in [-0.3, -0.25) is 4.98 Å². The van der Waals surface area contributed by atoms with E-state index in [0.29, 0.717) is 18.8 Å². The molecule has 1 saturated heterocycles. The van der Waals surface area contributed by atoms with Gasteiger partial charge >= 0.3 is 0 Å². The molecule has 3 rings (SSSR count). The van der Waals surface area contributed by atoms with Gasteiger partial charge in [0.1, 0.15) is 5.01 Å². The van der Waals surface area contributed by atoms with Crippen LogP contribution in [0.2, 0.25) is 0 Å². The van der Waals surface area contributed by atoms with Gasteiger partial charge in [-0.25, -0.2) is 13.4 Å². The zero-order chi connectivity index (χ0) is 14.7. The molecule has 0 aliphatic carbocycles. The van der Waals surface area contributed by atoms with Gasteiger partial charge in [0.2, 0.25) is 0 Å². The summed E-state index contributed by atoms with van der Waals surface area (Å²) >= 11 is 1.55. The molecule has 7 heteroatoms. The first kappa shape index (κ1) is 14.6. The number of nitrogens with zero attached hydrogens (tertiary/aromatic N) is 2. The average molecular weight is 323 g/mol. The number of thiazole rings is 1. The van der Waals surface area contributed by atoms with Crippen molar-refractivity contribution >= 4 is 21.2 Å². The van der Waals surface area contributed by atoms with Crippen LogP contribution in [0.1, 0.15) is 18.5 Å². The molecular formula is C14H17N3O2S2. The lowest BCUT2D eigenvalue weighted by molar-refractivity contribution is 0.573. The number of sulfone groups is 1. The van der Waals surface area contributed by atoms with Crippen molar-refractivity contribution in [2.24, 2.45) is 0 Å².